The van der Waals surface area contributed by atoms with Crippen LogP contribution in [0.15, 0.2) is 54.9 Å². The Kier molecular flexibility index (Phi) is 4.63. The summed E-state index contributed by atoms with van der Waals surface area (Å²) in [7, 11) is 7.25. The van der Waals surface area contributed by atoms with E-state index in [9.17, 15) is 4.79 Å². The van der Waals surface area contributed by atoms with Gasteiger partial charge in [0.05, 0.1) is 18.8 Å². The van der Waals surface area contributed by atoms with E-state index in [-0.39, 0.29) is 22.7 Å². The van der Waals surface area contributed by atoms with Crippen molar-refractivity contribution in [2.45, 2.75) is 0 Å². The maximum Gasteiger partial charge on any atom is 0.341 e. The molecule has 0 saturated carbocycles. The van der Waals surface area contributed by atoms with Crippen LogP contribution >= 0.6 is 0 Å². The summed E-state index contributed by atoms with van der Waals surface area (Å²) in [6.07, 6.45) is 3.16. The molecule has 0 spiro atoms. The van der Waals surface area contributed by atoms with Gasteiger partial charge in [-0.3, -0.25) is 5.10 Å². The number of esters is 1. The summed E-state index contributed by atoms with van der Waals surface area (Å²) >= 11 is 0. The summed E-state index contributed by atoms with van der Waals surface area (Å²) < 4.78 is 10.5. The topological polar surface area (TPSA) is 102 Å². The first kappa shape index (κ1) is 17.5. The van der Waals surface area contributed by atoms with Crippen molar-refractivity contribution in [1.82, 2.24) is 20.2 Å². The van der Waals surface area contributed by atoms with Crippen LogP contribution in [0.2, 0.25) is 0 Å². The highest BCUT2D eigenvalue weighted by Gasteiger charge is 2.15. The van der Waals surface area contributed by atoms with E-state index < -0.39 is 5.97 Å². The van der Waals surface area contributed by atoms with E-state index in [1.807, 2.05) is 18.2 Å². The lowest BCUT2D eigenvalue weighted by Gasteiger charge is -2.12. The summed E-state index contributed by atoms with van der Waals surface area (Å²) in [5, 5.41) is 10.9. The number of methoxy groups -OCH3 is 1. The number of rotatable bonds is 5. The fourth-order valence-corrected chi connectivity index (χ4v) is 2.61. The second-order valence-corrected chi connectivity index (χ2v) is 5.84. The van der Waals surface area contributed by atoms with Gasteiger partial charge in [0.2, 0.25) is 11.8 Å². The third-order valence-corrected chi connectivity index (χ3v) is 3.98. The zero-order valence-corrected chi connectivity index (χ0v) is 14.8. The standard InChI is InChI=1S/C19H14BN5O3/c1-27-18(26)13-4-2-3-5-16(13)28-17-14(20)10-21-19(24-17)23-12-6-7-15-11(8-12)9-22-25-15/h2-10H,1H3,(H,22,25)(H,21,23,24). The Labute approximate surface area is 161 Å². The Balaban J connectivity index is 1.62. The first-order valence-electron chi connectivity index (χ1n) is 8.32. The molecular weight excluding hydrogens is 357 g/mol. The minimum atomic E-state index is -0.519. The monoisotopic (exact) mass is 371 g/mol. The summed E-state index contributed by atoms with van der Waals surface area (Å²) in [5.41, 5.74) is 2.20. The second-order valence-electron chi connectivity index (χ2n) is 5.84. The van der Waals surface area contributed by atoms with Crippen molar-refractivity contribution in [2.24, 2.45) is 0 Å². The zero-order chi connectivity index (χ0) is 19.5. The molecule has 0 atom stereocenters. The van der Waals surface area contributed by atoms with Crippen molar-refractivity contribution in [1.29, 1.82) is 0 Å². The number of carbonyl (C=O) groups is 1. The average molecular weight is 371 g/mol. The van der Waals surface area contributed by atoms with Crippen LogP contribution in [0.3, 0.4) is 0 Å². The molecule has 0 aliphatic heterocycles. The molecule has 8 nitrogen and oxygen atoms in total. The number of H-pyrrole nitrogens is 1. The van der Waals surface area contributed by atoms with Gasteiger partial charge in [0, 0.05) is 17.3 Å². The maximum atomic E-state index is 11.9. The number of hydrogen-bond donors (Lipinski definition) is 2. The van der Waals surface area contributed by atoms with E-state index in [1.54, 1.807) is 30.5 Å². The predicted octanol–water partition coefficient (Wildman–Crippen LogP) is 2.47. The van der Waals surface area contributed by atoms with Gasteiger partial charge < -0.3 is 14.8 Å². The summed E-state index contributed by atoms with van der Waals surface area (Å²) in [5.74, 6) is 0.182. The molecular formula is C19H14BN5O3. The number of aromatic amines is 1. The van der Waals surface area contributed by atoms with E-state index in [2.05, 4.69) is 25.5 Å². The van der Waals surface area contributed by atoms with E-state index >= 15 is 0 Å². The van der Waals surface area contributed by atoms with Crippen LogP contribution in [-0.2, 0) is 4.74 Å². The molecule has 2 N–H and O–H groups in total. The van der Waals surface area contributed by atoms with Gasteiger partial charge in [-0.1, -0.05) is 12.1 Å². The van der Waals surface area contributed by atoms with Crippen LogP contribution in [0.1, 0.15) is 10.4 Å². The Morgan fingerprint density at radius 3 is 2.89 bits per heavy atom. The number of fused-ring (bicyclic) bond motifs is 1. The van der Waals surface area contributed by atoms with Crippen molar-refractivity contribution in [3.8, 4) is 11.6 Å². The second kappa shape index (κ2) is 7.39. The highest BCUT2D eigenvalue weighted by molar-refractivity contribution is 6.33. The van der Waals surface area contributed by atoms with Crippen LogP contribution in [0.25, 0.3) is 10.9 Å². The molecule has 4 aromatic rings. The number of aromatic nitrogens is 4. The SMILES string of the molecule is [B]c1cnc(Nc2ccc3[nH]ncc3c2)nc1Oc1ccccc1C(=O)OC. The molecule has 0 amide bonds. The number of nitrogens with one attached hydrogen (secondary N) is 2. The molecule has 0 unspecified atom stereocenters. The van der Waals surface area contributed by atoms with Crippen LogP contribution in [0.5, 0.6) is 11.6 Å². The van der Waals surface area contributed by atoms with Gasteiger partial charge >= 0.3 is 5.97 Å². The first-order chi connectivity index (χ1) is 13.6. The van der Waals surface area contributed by atoms with Crippen molar-refractivity contribution >= 4 is 41.8 Å². The number of anilines is 2. The number of para-hydroxylation sites is 1. The maximum absolute atomic E-state index is 11.9. The van der Waals surface area contributed by atoms with Gasteiger partial charge in [-0.25, -0.2) is 9.78 Å². The Morgan fingerprint density at radius 2 is 2.04 bits per heavy atom. The smallest absolute Gasteiger partial charge is 0.341 e. The quantitative estimate of drug-likeness (QED) is 0.410. The van der Waals surface area contributed by atoms with Crippen LogP contribution in [0, 0.1) is 0 Å². The number of carbonyl (C=O) groups excluding carboxylic acids is 1. The highest BCUT2D eigenvalue weighted by atomic mass is 16.5. The molecule has 0 bridgehead atoms. The fraction of sp³-hybridized carbons (Fsp3) is 0.0526. The molecule has 2 aromatic carbocycles. The molecule has 0 saturated heterocycles. The summed E-state index contributed by atoms with van der Waals surface area (Å²) in [6.45, 7) is 0. The highest BCUT2D eigenvalue weighted by Crippen LogP contribution is 2.25. The Hall–Kier alpha value is -3.88. The zero-order valence-electron chi connectivity index (χ0n) is 14.8. The molecule has 0 aliphatic carbocycles. The third-order valence-electron chi connectivity index (χ3n) is 3.98. The van der Waals surface area contributed by atoms with E-state index in [0.717, 1.165) is 16.6 Å². The predicted molar refractivity (Wildman–Crippen MR) is 105 cm³/mol. The van der Waals surface area contributed by atoms with Gasteiger partial charge in [0.1, 0.15) is 19.2 Å². The van der Waals surface area contributed by atoms with Crippen molar-refractivity contribution in [3.05, 3.63) is 60.4 Å². The van der Waals surface area contributed by atoms with Crippen LogP contribution in [0.4, 0.5) is 11.6 Å². The fourth-order valence-electron chi connectivity index (χ4n) is 2.61. The normalized spacial score (nSPS) is 10.6. The summed E-state index contributed by atoms with van der Waals surface area (Å²) in [4.78, 5) is 20.4. The number of ether oxygens (including phenoxy) is 2. The van der Waals surface area contributed by atoms with Gasteiger partial charge in [-0.05, 0) is 35.8 Å². The molecule has 0 aliphatic rings. The van der Waals surface area contributed by atoms with Crippen molar-refractivity contribution in [2.75, 3.05) is 12.4 Å². The van der Waals surface area contributed by atoms with E-state index in [0.29, 0.717) is 5.95 Å². The van der Waals surface area contributed by atoms with Crippen molar-refractivity contribution in [3.63, 3.8) is 0 Å². The van der Waals surface area contributed by atoms with Gasteiger partial charge in [0.25, 0.3) is 0 Å². The lowest BCUT2D eigenvalue weighted by Crippen LogP contribution is -2.13. The molecule has 28 heavy (non-hydrogen) atoms. The van der Waals surface area contributed by atoms with Crippen molar-refractivity contribution < 1.29 is 14.3 Å². The lowest BCUT2D eigenvalue weighted by molar-refractivity contribution is 0.0598. The molecule has 2 aromatic heterocycles. The Bertz CT molecular complexity index is 1160. The van der Waals surface area contributed by atoms with Crippen LogP contribution < -0.4 is 15.5 Å². The van der Waals surface area contributed by atoms with E-state index in [1.165, 1.54) is 13.3 Å². The molecule has 4 rings (SSSR count). The number of nitrogens with zero attached hydrogens (tertiary/aromatic N) is 3. The molecule has 136 valence electrons. The third kappa shape index (κ3) is 3.50. The number of hydrogen-bond acceptors (Lipinski definition) is 7. The summed E-state index contributed by atoms with van der Waals surface area (Å²) in [6, 6.07) is 12.3. The first-order valence-corrected chi connectivity index (χ1v) is 8.32. The lowest BCUT2D eigenvalue weighted by atomic mass is 10.00. The number of benzene rings is 2. The largest absolute Gasteiger partial charge is 0.465 e. The minimum absolute atomic E-state index is 0.123. The van der Waals surface area contributed by atoms with Crippen LogP contribution in [-0.4, -0.2) is 41.1 Å². The average Bonchev–Trinajstić information content (AvgIpc) is 3.18. The molecule has 2 heterocycles. The van der Waals surface area contributed by atoms with E-state index in [4.69, 9.17) is 17.3 Å². The molecule has 2 radical (unpaired) electrons. The minimum Gasteiger partial charge on any atom is -0.465 e. The Morgan fingerprint density at radius 1 is 1.18 bits per heavy atom. The molecule has 9 heteroatoms. The van der Waals surface area contributed by atoms with Gasteiger partial charge in [-0.2, -0.15) is 10.1 Å². The van der Waals surface area contributed by atoms with Gasteiger partial charge in [-0.15, -0.1) is 0 Å². The van der Waals surface area contributed by atoms with Gasteiger partial charge in [0.15, 0.2) is 0 Å². The molecule has 0 fully saturated rings.